The highest BCUT2D eigenvalue weighted by atomic mass is 16.4. The first-order valence-electron chi connectivity index (χ1n) is 7.95. The van der Waals surface area contributed by atoms with Gasteiger partial charge in [0.15, 0.2) is 0 Å². The van der Waals surface area contributed by atoms with Crippen LogP contribution in [0.3, 0.4) is 0 Å². The van der Waals surface area contributed by atoms with Crippen molar-refractivity contribution in [3.63, 3.8) is 0 Å². The molecule has 0 radical (unpaired) electrons. The number of carbonyl (C=O) groups is 4. The fourth-order valence-electron chi connectivity index (χ4n) is 2.32. The summed E-state index contributed by atoms with van der Waals surface area (Å²) in [6.07, 6.45) is -0.574. The van der Waals surface area contributed by atoms with Crippen molar-refractivity contribution in [2.45, 2.75) is 38.6 Å². The van der Waals surface area contributed by atoms with E-state index in [0.717, 1.165) is 0 Å². The van der Waals surface area contributed by atoms with E-state index >= 15 is 0 Å². The van der Waals surface area contributed by atoms with Crippen LogP contribution < -0.4 is 0 Å². The molecule has 10 heteroatoms. The minimum absolute atomic E-state index is 0.142. The second-order valence-corrected chi connectivity index (χ2v) is 5.76. The maximum atomic E-state index is 10.8. The van der Waals surface area contributed by atoms with E-state index in [4.69, 9.17) is 20.4 Å². The van der Waals surface area contributed by atoms with Gasteiger partial charge >= 0.3 is 23.9 Å². The molecule has 1 unspecified atom stereocenters. The van der Waals surface area contributed by atoms with Crippen LogP contribution in [0, 0.1) is 0 Å². The Kier molecular flexibility index (Phi) is 11.1. The Morgan fingerprint density at radius 3 is 1.32 bits per heavy atom. The Morgan fingerprint density at radius 2 is 1.00 bits per heavy atom. The van der Waals surface area contributed by atoms with E-state index in [9.17, 15) is 19.2 Å². The normalized spacial score (nSPS) is 12.3. The molecule has 144 valence electrons. The summed E-state index contributed by atoms with van der Waals surface area (Å²) in [6, 6.07) is -0.249. The number of hydrogen-bond acceptors (Lipinski definition) is 6. The molecule has 0 aliphatic rings. The van der Waals surface area contributed by atoms with E-state index < -0.39 is 23.9 Å². The molecular weight excluding hydrogens is 336 g/mol. The van der Waals surface area contributed by atoms with Gasteiger partial charge in [-0.3, -0.25) is 24.1 Å². The lowest BCUT2D eigenvalue weighted by Crippen LogP contribution is -2.45. The van der Waals surface area contributed by atoms with Gasteiger partial charge < -0.3 is 25.3 Å². The summed E-state index contributed by atoms with van der Waals surface area (Å²) in [5.74, 6) is -3.99. The lowest BCUT2D eigenvalue weighted by Gasteiger charge is -2.32. The molecule has 0 saturated heterocycles. The Balaban J connectivity index is 4.81. The number of carboxylic acids is 4. The van der Waals surface area contributed by atoms with Crippen molar-refractivity contribution in [1.29, 1.82) is 0 Å². The lowest BCUT2D eigenvalue weighted by atomic mass is 10.2. The van der Waals surface area contributed by atoms with E-state index in [1.165, 1.54) is 0 Å². The Bertz CT molecular complexity index is 432. The number of nitrogens with zero attached hydrogens (tertiary/aromatic N) is 2. The number of rotatable bonds is 15. The van der Waals surface area contributed by atoms with E-state index in [2.05, 4.69) is 0 Å². The molecule has 0 bridgehead atoms. The predicted octanol–water partition coefficient (Wildman–Crippen LogP) is -0.122. The first-order valence-corrected chi connectivity index (χ1v) is 7.95. The molecule has 0 aliphatic heterocycles. The molecule has 0 aromatic rings. The molecule has 0 heterocycles. The van der Waals surface area contributed by atoms with Gasteiger partial charge in [-0.1, -0.05) is 0 Å². The molecule has 10 nitrogen and oxygen atoms in total. The fraction of sp³-hybridized carbons (Fsp3) is 0.733. The highest BCUT2D eigenvalue weighted by molar-refractivity contribution is 5.68. The smallest absolute Gasteiger partial charge is 0.304 e. The molecule has 1 atom stereocenters. The Hall–Kier alpha value is -2.20. The topological polar surface area (TPSA) is 156 Å². The van der Waals surface area contributed by atoms with Gasteiger partial charge in [0.1, 0.15) is 0 Å². The molecule has 0 fully saturated rings. The van der Waals surface area contributed by atoms with E-state index in [-0.39, 0.29) is 57.9 Å². The third-order valence-electron chi connectivity index (χ3n) is 3.66. The summed E-state index contributed by atoms with van der Waals surface area (Å²) in [7, 11) is 0. The van der Waals surface area contributed by atoms with Gasteiger partial charge in [-0.2, -0.15) is 0 Å². The molecule has 0 aromatic carbocycles. The van der Waals surface area contributed by atoms with Gasteiger partial charge in [0, 0.05) is 38.8 Å². The molecule has 0 aromatic heterocycles. The molecule has 4 N–H and O–H groups in total. The van der Waals surface area contributed by atoms with Crippen molar-refractivity contribution in [3.8, 4) is 0 Å². The Labute approximate surface area is 145 Å². The average Bonchev–Trinajstić information content (AvgIpc) is 2.48. The standard InChI is InChI=1S/C15H26N2O8/c1-11(17(8-4-14(22)23)9-5-15(24)25)10-16(6-2-12(18)19)7-3-13(20)21/h11H,2-10H2,1H3,(H,18,19)(H,20,21)(H,22,23)(H,24,25). The van der Waals surface area contributed by atoms with Crippen LogP contribution in [0.1, 0.15) is 32.6 Å². The van der Waals surface area contributed by atoms with Gasteiger partial charge in [-0.25, -0.2) is 0 Å². The number of carboxylic acid groups (broad SMARTS) is 4. The monoisotopic (exact) mass is 362 g/mol. The van der Waals surface area contributed by atoms with Crippen LogP contribution in [0.2, 0.25) is 0 Å². The summed E-state index contributed by atoms with van der Waals surface area (Å²) in [5.41, 5.74) is 0. The summed E-state index contributed by atoms with van der Waals surface area (Å²) < 4.78 is 0. The summed E-state index contributed by atoms with van der Waals surface area (Å²) in [4.78, 5) is 46.4. The SMILES string of the molecule is CC(CN(CCC(=O)O)CCC(=O)O)N(CCC(=O)O)CCC(=O)O. The van der Waals surface area contributed by atoms with Crippen LogP contribution in [0.25, 0.3) is 0 Å². The van der Waals surface area contributed by atoms with E-state index in [1.807, 2.05) is 0 Å². The second-order valence-electron chi connectivity index (χ2n) is 5.76. The molecule has 25 heavy (non-hydrogen) atoms. The molecule has 0 saturated carbocycles. The van der Waals surface area contributed by atoms with Crippen LogP contribution in [0.15, 0.2) is 0 Å². The van der Waals surface area contributed by atoms with E-state index in [0.29, 0.717) is 6.54 Å². The van der Waals surface area contributed by atoms with Gasteiger partial charge in [-0.05, 0) is 6.92 Å². The largest absolute Gasteiger partial charge is 0.481 e. The highest BCUT2D eigenvalue weighted by Gasteiger charge is 2.20. The first-order chi connectivity index (χ1) is 11.6. The lowest BCUT2D eigenvalue weighted by molar-refractivity contribution is -0.140. The third-order valence-corrected chi connectivity index (χ3v) is 3.66. The van der Waals surface area contributed by atoms with Crippen LogP contribution in [0.4, 0.5) is 0 Å². The van der Waals surface area contributed by atoms with Crippen molar-refractivity contribution >= 4 is 23.9 Å². The van der Waals surface area contributed by atoms with Crippen LogP contribution in [0.5, 0.6) is 0 Å². The quantitative estimate of drug-likeness (QED) is 0.310. The number of hydrogen-bond donors (Lipinski definition) is 4. The van der Waals surface area contributed by atoms with Crippen molar-refractivity contribution in [3.05, 3.63) is 0 Å². The van der Waals surface area contributed by atoms with Crippen molar-refractivity contribution < 1.29 is 39.6 Å². The van der Waals surface area contributed by atoms with Crippen LogP contribution in [-0.2, 0) is 19.2 Å². The summed E-state index contributed by atoms with van der Waals surface area (Å²) >= 11 is 0. The molecule has 0 amide bonds. The van der Waals surface area contributed by atoms with Gasteiger partial charge in [0.05, 0.1) is 25.7 Å². The maximum Gasteiger partial charge on any atom is 0.304 e. The average molecular weight is 362 g/mol. The third kappa shape index (κ3) is 12.8. The second kappa shape index (κ2) is 12.2. The zero-order valence-corrected chi connectivity index (χ0v) is 14.3. The highest BCUT2D eigenvalue weighted by Crippen LogP contribution is 2.07. The van der Waals surface area contributed by atoms with Gasteiger partial charge in [0.2, 0.25) is 0 Å². The minimum atomic E-state index is -0.999. The Morgan fingerprint density at radius 1 is 0.680 bits per heavy atom. The van der Waals surface area contributed by atoms with Crippen molar-refractivity contribution in [2.75, 3.05) is 32.7 Å². The van der Waals surface area contributed by atoms with Crippen LogP contribution in [-0.4, -0.2) is 92.9 Å². The van der Waals surface area contributed by atoms with Gasteiger partial charge in [-0.15, -0.1) is 0 Å². The summed E-state index contributed by atoms with van der Waals surface area (Å²) in [5, 5.41) is 35.2. The predicted molar refractivity (Wildman–Crippen MR) is 86.5 cm³/mol. The first kappa shape index (κ1) is 22.8. The minimum Gasteiger partial charge on any atom is -0.481 e. The molecule has 0 rings (SSSR count). The maximum absolute atomic E-state index is 10.8. The summed E-state index contributed by atoms with van der Waals surface area (Å²) in [6.45, 7) is 2.75. The molecule has 0 aliphatic carbocycles. The van der Waals surface area contributed by atoms with Crippen molar-refractivity contribution in [1.82, 2.24) is 9.80 Å². The fourth-order valence-corrected chi connectivity index (χ4v) is 2.32. The van der Waals surface area contributed by atoms with Crippen molar-refractivity contribution in [2.24, 2.45) is 0 Å². The zero-order valence-electron chi connectivity index (χ0n) is 14.3. The molecule has 0 spiro atoms. The number of aliphatic carboxylic acids is 4. The van der Waals surface area contributed by atoms with Crippen LogP contribution >= 0.6 is 0 Å². The molecular formula is C15H26N2O8. The van der Waals surface area contributed by atoms with Gasteiger partial charge in [0.25, 0.3) is 0 Å². The van der Waals surface area contributed by atoms with E-state index in [1.54, 1.807) is 16.7 Å². The zero-order chi connectivity index (χ0) is 19.4.